The quantitative estimate of drug-likeness (QED) is 0.306. The predicted octanol–water partition coefficient (Wildman–Crippen LogP) is 4.07. The van der Waals surface area contributed by atoms with Crippen molar-refractivity contribution < 1.29 is 8.83 Å². The molecule has 5 rings (SSSR count). The molecule has 1 aliphatic rings. The van der Waals surface area contributed by atoms with Gasteiger partial charge in [0, 0.05) is 32.3 Å². The fourth-order valence-electron chi connectivity index (χ4n) is 4.29. The summed E-state index contributed by atoms with van der Waals surface area (Å²) in [6, 6.07) is 4.31. The molecule has 0 radical (unpaired) electrons. The summed E-state index contributed by atoms with van der Waals surface area (Å²) in [7, 11) is 1.97. The number of oxazole rings is 2. The number of rotatable bonds is 7. The van der Waals surface area contributed by atoms with Crippen LogP contribution in [0.15, 0.2) is 32.5 Å². The van der Waals surface area contributed by atoms with Gasteiger partial charge in [0.2, 0.25) is 5.82 Å². The van der Waals surface area contributed by atoms with E-state index in [-0.39, 0.29) is 0 Å². The number of fused-ring (bicyclic) bond motifs is 3. The second-order valence-corrected chi connectivity index (χ2v) is 9.25. The van der Waals surface area contributed by atoms with Gasteiger partial charge < -0.3 is 18.3 Å². The molecule has 4 heterocycles. The Morgan fingerprint density at radius 1 is 1.16 bits per heavy atom. The van der Waals surface area contributed by atoms with Crippen molar-refractivity contribution in [1.29, 1.82) is 0 Å². The summed E-state index contributed by atoms with van der Waals surface area (Å²) in [5, 5.41) is 9.53. The van der Waals surface area contributed by atoms with Gasteiger partial charge in [-0.3, -0.25) is 0 Å². The van der Waals surface area contributed by atoms with Crippen LogP contribution in [0.5, 0.6) is 0 Å². The zero-order valence-corrected chi connectivity index (χ0v) is 19.6. The van der Waals surface area contributed by atoms with E-state index in [2.05, 4.69) is 39.1 Å². The van der Waals surface area contributed by atoms with Gasteiger partial charge in [0.15, 0.2) is 28.8 Å². The first-order valence-electron chi connectivity index (χ1n) is 11.2. The van der Waals surface area contributed by atoms with E-state index in [9.17, 15) is 0 Å². The van der Waals surface area contributed by atoms with E-state index in [4.69, 9.17) is 13.8 Å². The second kappa shape index (κ2) is 9.07. The van der Waals surface area contributed by atoms with Crippen molar-refractivity contribution in [2.45, 2.75) is 44.7 Å². The zero-order chi connectivity index (χ0) is 22.1. The van der Waals surface area contributed by atoms with E-state index in [1.54, 1.807) is 11.8 Å². The molecule has 0 amide bonds. The monoisotopic (exact) mass is 452 g/mol. The molecule has 0 saturated carbocycles. The summed E-state index contributed by atoms with van der Waals surface area (Å²) in [5.41, 5.74) is 5.61. The summed E-state index contributed by atoms with van der Waals surface area (Å²) in [5.74, 6) is 3.23. The van der Waals surface area contributed by atoms with Crippen LogP contribution in [0.3, 0.4) is 0 Å². The van der Waals surface area contributed by atoms with Crippen LogP contribution < -0.4 is 0 Å². The molecule has 0 aliphatic carbocycles. The van der Waals surface area contributed by atoms with Crippen molar-refractivity contribution in [2.75, 3.05) is 25.4 Å². The molecule has 0 unspecified atom stereocenters. The minimum atomic E-state index is 0.684. The van der Waals surface area contributed by atoms with E-state index in [0.29, 0.717) is 5.76 Å². The third kappa shape index (κ3) is 4.06. The van der Waals surface area contributed by atoms with E-state index < -0.39 is 0 Å². The maximum absolute atomic E-state index is 5.86. The highest BCUT2D eigenvalue weighted by Gasteiger charge is 2.19. The first-order valence-corrected chi connectivity index (χ1v) is 12.2. The third-order valence-corrected chi connectivity index (χ3v) is 7.22. The van der Waals surface area contributed by atoms with Crippen LogP contribution in [0, 0.1) is 6.92 Å². The number of hydrogen-bond donors (Lipinski definition) is 0. The summed E-state index contributed by atoms with van der Waals surface area (Å²) in [4.78, 5) is 11.4. The Balaban J connectivity index is 1.16. The molecule has 0 saturated heterocycles. The number of hydrogen-bond acceptors (Lipinski definition) is 8. The lowest BCUT2D eigenvalue weighted by atomic mass is 10.0. The molecular formula is C23H28N6O2S. The Bertz CT molecular complexity index is 1230. The molecule has 8 nitrogen and oxygen atoms in total. The second-order valence-electron chi connectivity index (χ2n) is 8.19. The largest absolute Gasteiger partial charge is 0.441 e. The molecule has 32 heavy (non-hydrogen) atoms. The molecular weight excluding hydrogens is 424 g/mol. The van der Waals surface area contributed by atoms with E-state index in [0.717, 1.165) is 84.7 Å². The zero-order valence-electron chi connectivity index (χ0n) is 18.8. The lowest BCUT2D eigenvalue weighted by Crippen LogP contribution is -2.27. The number of nitrogens with zero attached hydrogens (tertiary/aromatic N) is 6. The first-order chi connectivity index (χ1) is 15.6. The number of benzene rings is 1. The third-order valence-electron chi connectivity index (χ3n) is 6.12. The van der Waals surface area contributed by atoms with Gasteiger partial charge in [-0.1, -0.05) is 24.8 Å². The highest BCUT2D eigenvalue weighted by atomic mass is 32.2. The Kier molecular flexibility index (Phi) is 6.01. The van der Waals surface area contributed by atoms with Gasteiger partial charge in [0.25, 0.3) is 0 Å². The Morgan fingerprint density at radius 3 is 2.84 bits per heavy atom. The van der Waals surface area contributed by atoms with Gasteiger partial charge in [-0.05, 0) is 49.9 Å². The molecule has 168 valence electrons. The van der Waals surface area contributed by atoms with E-state index in [1.165, 1.54) is 17.5 Å². The number of aryl methyl sites for hydroxylation is 2. The molecule has 3 aromatic heterocycles. The molecule has 0 bridgehead atoms. The lowest BCUT2D eigenvalue weighted by molar-refractivity contribution is 0.289. The maximum Gasteiger partial charge on any atom is 0.202 e. The van der Waals surface area contributed by atoms with Crippen LogP contribution in [-0.2, 0) is 26.3 Å². The van der Waals surface area contributed by atoms with Crippen LogP contribution in [0.4, 0.5) is 0 Å². The predicted molar refractivity (Wildman–Crippen MR) is 124 cm³/mol. The van der Waals surface area contributed by atoms with Crippen molar-refractivity contribution in [2.24, 2.45) is 7.05 Å². The van der Waals surface area contributed by atoms with Crippen LogP contribution in [0.1, 0.15) is 36.1 Å². The van der Waals surface area contributed by atoms with Crippen LogP contribution in [0.2, 0.25) is 0 Å². The molecule has 9 heteroatoms. The summed E-state index contributed by atoms with van der Waals surface area (Å²) in [6.45, 7) is 7.22. The average Bonchev–Trinajstić information content (AvgIpc) is 3.47. The molecule has 0 fully saturated rings. The van der Waals surface area contributed by atoms with Gasteiger partial charge in [0.05, 0.1) is 5.69 Å². The molecule has 1 aliphatic heterocycles. The van der Waals surface area contributed by atoms with Crippen molar-refractivity contribution >= 4 is 22.9 Å². The molecule has 0 atom stereocenters. The normalized spacial score (nSPS) is 14.7. The van der Waals surface area contributed by atoms with Crippen molar-refractivity contribution in [1.82, 2.24) is 29.6 Å². The maximum atomic E-state index is 5.86. The van der Waals surface area contributed by atoms with E-state index >= 15 is 0 Å². The topological polar surface area (TPSA) is 86.0 Å². The van der Waals surface area contributed by atoms with E-state index in [1.807, 2.05) is 18.5 Å². The van der Waals surface area contributed by atoms with Crippen LogP contribution >= 0.6 is 11.8 Å². The minimum Gasteiger partial charge on any atom is -0.441 e. The average molecular weight is 453 g/mol. The molecule has 0 spiro atoms. The summed E-state index contributed by atoms with van der Waals surface area (Å²) in [6.07, 6.45) is 5.47. The highest BCUT2D eigenvalue weighted by molar-refractivity contribution is 7.99. The number of thioether (sulfide) groups is 1. The molecule has 4 aromatic rings. The SMILES string of the molecule is CCc1nc2c3c(ccc2o1)CCN(CCCSc1nnc(-c2ocnc2C)n1C)CC3. The van der Waals surface area contributed by atoms with Gasteiger partial charge in [-0.25, -0.2) is 9.97 Å². The minimum absolute atomic E-state index is 0.684. The molecule has 0 N–H and O–H groups in total. The van der Waals surface area contributed by atoms with Gasteiger partial charge in [-0.2, -0.15) is 0 Å². The molecule has 1 aromatic carbocycles. The smallest absolute Gasteiger partial charge is 0.202 e. The number of aromatic nitrogens is 5. The van der Waals surface area contributed by atoms with Gasteiger partial charge in [-0.15, -0.1) is 10.2 Å². The first kappa shape index (κ1) is 21.2. The Morgan fingerprint density at radius 2 is 2.03 bits per heavy atom. The van der Waals surface area contributed by atoms with Gasteiger partial charge in [0.1, 0.15) is 5.52 Å². The van der Waals surface area contributed by atoms with Crippen LogP contribution in [0.25, 0.3) is 22.7 Å². The summed E-state index contributed by atoms with van der Waals surface area (Å²) < 4.78 is 13.3. The fraction of sp³-hybridized carbons (Fsp3) is 0.478. The standard InChI is InChI=1S/C23H28N6O2S/c1-4-19-25-20-17-9-12-29(11-8-16(17)6-7-18(20)31-19)10-5-13-32-23-27-26-22(28(23)3)21-15(2)24-14-30-21/h6-7,14H,4-5,8-13H2,1-3H3. The highest BCUT2D eigenvalue weighted by Crippen LogP contribution is 2.27. The van der Waals surface area contributed by atoms with Crippen molar-refractivity contribution in [3.63, 3.8) is 0 Å². The van der Waals surface area contributed by atoms with Crippen molar-refractivity contribution in [3.8, 4) is 11.6 Å². The van der Waals surface area contributed by atoms with Crippen molar-refractivity contribution in [3.05, 3.63) is 41.2 Å². The lowest BCUT2D eigenvalue weighted by Gasteiger charge is -2.19. The Hall–Kier alpha value is -2.65. The fourth-order valence-corrected chi connectivity index (χ4v) is 5.13. The Labute approximate surface area is 191 Å². The summed E-state index contributed by atoms with van der Waals surface area (Å²) >= 11 is 1.74. The van der Waals surface area contributed by atoms with Crippen LogP contribution in [-0.4, -0.2) is 55.0 Å². The van der Waals surface area contributed by atoms with Gasteiger partial charge >= 0.3 is 0 Å².